The van der Waals surface area contributed by atoms with Crippen LogP contribution in [-0.4, -0.2) is 18.6 Å². The number of hydrogen-bond acceptors (Lipinski definition) is 3. The normalized spacial score (nSPS) is 12.1. The molecule has 0 aliphatic carbocycles. The van der Waals surface area contributed by atoms with Crippen LogP contribution in [0.1, 0.15) is 5.56 Å². The highest BCUT2D eigenvalue weighted by atomic mass is 32.2. The summed E-state index contributed by atoms with van der Waals surface area (Å²) >= 11 is 0. The molecule has 0 unspecified atom stereocenters. The Bertz CT molecular complexity index is 966. The third-order valence-electron chi connectivity index (χ3n) is 3.44. The quantitative estimate of drug-likeness (QED) is 0.734. The summed E-state index contributed by atoms with van der Waals surface area (Å²) in [5.41, 5.74) is 0.451. The Balaban J connectivity index is 1.90. The lowest BCUT2D eigenvalue weighted by molar-refractivity contribution is -0.137. The molecule has 0 fully saturated rings. The van der Waals surface area contributed by atoms with Crippen LogP contribution in [0.15, 0.2) is 65.7 Å². The molecule has 2 aromatic carbocycles. The molecule has 0 saturated heterocycles. The van der Waals surface area contributed by atoms with Gasteiger partial charge in [0.2, 0.25) is 0 Å². The summed E-state index contributed by atoms with van der Waals surface area (Å²) in [4.78, 5) is -0.277. The van der Waals surface area contributed by atoms with Crippen LogP contribution in [-0.2, 0) is 16.2 Å². The molecule has 3 rings (SSSR count). The van der Waals surface area contributed by atoms with Crippen molar-refractivity contribution in [3.8, 4) is 11.3 Å². The molecule has 130 valence electrons. The van der Waals surface area contributed by atoms with E-state index in [1.807, 2.05) is 6.07 Å². The molecule has 0 aliphatic heterocycles. The number of alkyl halides is 3. The highest BCUT2D eigenvalue weighted by molar-refractivity contribution is 7.92. The van der Waals surface area contributed by atoms with E-state index in [4.69, 9.17) is 0 Å². The Hall–Kier alpha value is -2.81. The van der Waals surface area contributed by atoms with Gasteiger partial charge >= 0.3 is 6.18 Å². The lowest BCUT2D eigenvalue weighted by Gasteiger charge is -2.10. The van der Waals surface area contributed by atoms with E-state index in [-0.39, 0.29) is 10.6 Å². The molecule has 0 radical (unpaired) electrons. The second-order valence-electron chi connectivity index (χ2n) is 5.15. The van der Waals surface area contributed by atoms with E-state index in [0.717, 1.165) is 24.3 Å². The van der Waals surface area contributed by atoms with E-state index in [9.17, 15) is 21.6 Å². The monoisotopic (exact) mass is 367 g/mol. The summed E-state index contributed by atoms with van der Waals surface area (Å²) in [6.07, 6.45) is -3.23. The molecule has 9 heteroatoms. The summed E-state index contributed by atoms with van der Waals surface area (Å²) in [7, 11) is -4.05. The van der Waals surface area contributed by atoms with Crippen molar-refractivity contribution < 1.29 is 21.6 Å². The molecule has 0 atom stereocenters. The van der Waals surface area contributed by atoms with Crippen LogP contribution in [0.2, 0.25) is 0 Å². The van der Waals surface area contributed by atoms with E-state index < -0.39 is 21.8 Å². The number of hydrogen-bond donors (Lipinski definition) is 2. The van der Waals surface area contributed by atoms with E-state index in [0.29, 0.717) is 11.3 Å². The van der Waals surface area contributed by atoms with Gasteiger partial charge < -0.3 is 0 Å². The van der Waals surface area contributed by atoms with Crippen LogP contribution in [0.25, 0.3) is 11.3 Å². The van der Waals surface area contributed by atoms with Gasteiger partial charge in [0, 0.05) is 5.56 Å². The minimum atomic E-state index is -4.53. The average Bonchev–Trinajstić information content (AvgIpc) is 3.02. The molecule has 3 aromatic rings. The van der Waals surface area contributed by atoms with Gasteiger partial charge in [-0.15, -0.1) is 0 Å². The lowest BCUT2D eigenvalue weighted by atomic mass is 10.1. The fraction of sp³-hybridized carbons (Fsp3) is 0.0625. The maximum absolute atomic E-state index is 12.6. The van der Waals surface area contributed by atoms with Crippen molar-refractivity contribution >= 4 is 15.7 Å². The van der Waals surface area contributed by atoms with Crippen LogP contribution < -0.4 is 4.72 Å². The number of nitrogens with one attached hydrogen (secondary N) is 2. The number of sulfonamides is 1. The molecule has 0 aliphatic rings. The van der Waals surface area contributed by atoms with Crippen molar-refractivity contribution in [2.24, 2.45) is 0 Å². The summed E-state index contributed by atoms with van der Waals surface area (Å²) < 4.78 is 64.9. The second kappa shape index (κ2) is 6.25. The first-order valence-electron chi connectivity index (χ1n) is 7.06. The van der Waals surface area contributed by atoms with Crippen molar-refractivity contribution in [3.05, 3.63) is 66.4 Å². The van der Waals surface area contributed by atoms with Gasteiger partial charge in [0.15, 0.2) is 0 Å². The number of aromatic amines is 1. The van der Waals surface area contributed by atoms with Crippen molar-refractivity contribution in [1.29, 1.82) is 0 Å². The van der Waals surface area contributed by atoms with E-state index in [1.165, 1.54) is 6.20 Å². The minimum Gasteiger partial charge on any atom is -0.276 e. The Morgan fingerprint density at radius 1 is 0.960 bits per heavy atom. The molecule has 0 bridgehead atoms. The number of halogens is 3. The predicted octanol–water partition coefficient (Wildman–Crippen LogP) is 3.90. The standard InChI is InChI=1S/C16H12F3N3O2S/c17-16(18,19)12-6-8-13(9-7-12)25(23,24)22-14-10-20-21-15(14)11-4-2-1-3-5-11/h1-10,22H,(H,20,21). The van der Waals surface area contributed by atoms with Gasteiger partial charge in [0.05, 0.1) is 28.0 Å². The number of benzene rings is 2. The van der Waals surface area contributed by atoms with Crippen LogP contribution in [0.5, 0.6) is 0 Å². The zero-order chi connectivity index (χ0) is 18.1. The van der Waals surface area contributed by atoms with Crippen LogP contribution >= 0.6 is 0 Å². The number of anilines is 1. The molecule has 0 spiro atoms. The molecule has 0 saturated carbocycles. The lowest BCUT2D eigenvalue weighted by Crippen LogP contribution is -2.14. The summed E-state index contributed by atoms with van der Waals surface area (Å²) in [6.45, 7) is 0. The Kier molecular flexibility index (Phi) is 4.25. The molecular weight excluding hydrogens is 355 g/mol. The summed E-state index contributed by atoms with van der Waals surface area (Å²) in [6, 6.07) is 12.2. The Morgan fingerprint density at radius 2 is 1.60 bits per heavy atom. The van der Waals surface area contributed by atoms with Crippen molar-refractivity contribution in [2.75, 3.05) is 4.72 Å². The van der Waals surface area contributed by atoms with Crippen LogP contribution in [0, 0.1) is 0 Å². The van der Waals surface area contributed by atoms with Gasteiger partial charge in [-0.2, -0.15) is 18.3 Å². The highest BCUT2D eigenvalue weighted by Crippen LogP contribution is 2.31. The largest absolute Gasteiger partial charge is 0.416 e. The third kappa shape index (κ3) is 3.66. The van der Waals surface area contributed by atoms with Crippen molar-refractivity contribution in [3.63, 3.8) is 0 Å². The molecule has 25 heavy (non-hydrogen) atoms. The van der Waals surface area contributed by atoms with Crippen LogP contribution in [0.4, 0.5) is 18.9 Å². The summed E-state index contributed by atoms with van der Waals surface area (Å²) in [5.74, 6) is 0. The van der Waals surface area contributed by atoms with Gasteiger partial charge in [0.25, 0.3) is 10.0 Å². The maximum Gasteiger partial charge on any atom is 0.416 e. The third-order valence-corrected chi connectivity index (χ3v) is 4.82. The first kappa shape index (κ1) is 17.0. The molecule has 0 amide bonds. The highest BCUT2D eigenvalue weighted by Gasteiger charge is 2.30. The van der Waals surface area contributed by atoms with Gasteiger partial charge in [-0.3, -0.25) is 9.82 Å². The molecule has 1 aromatic heterocycles. The van der Waals surface area contributed by atoms with Gasteiger partial charge in [-0.25, -0.2) is 8.42 Å². The van der Waals surface area contributed by atoms with Crippen molar-refractivity contribution in [2.45, 2.75) is 11.1 Å². The number of H-pyrrole nitrogens is 1. The smallest absolute Gasteiger partial charge is 0.276 e. The fourth-order valence-corrected chi connectivity index (χ4v) is 3.27. The Morgan fingerprint density at radius 3 is 2.20 bits per heavy atom. The molecular formula is C16H12F3N3O2S. The number of aromatic nitrogens is 2. The molecule has 2 N–H and O–H groups in total. The zero-order valence-corrected chi connectivity index (χ0v) is 13.4. The number of nitrogens with zero attached hydrogens (tertiary/aromatic N) is 1. The summed E-state index contributed by atoms with van der Waals surface area (Å²) in [5, 5.41) is 6.52. The van der Waals surface area contributed by atoms with Crippen LogP contribution in [0.3, 0.4) is 0 Å². The molecule has 5 nitrogen and oxygen atoms in total. The number of rotatable bonds is 4. The first-order valence-corrected chi connectivity index (χ1v) is 8.54. The SMILES string of the molecule is O=S(=O)(Nc1cn[nH]c1-c1ccccc1)c1ccc(C(F)(F)F)cc1. The van der Waals surface area contributed by atoms with E-state index >= 15 is 0 Å². The average molecular weight is 367 g/mol. The Labute approximate surface area is 141 Å². The second-order valence-corrected chi connectivity index (χ2v) is 6.83. The van der Waals surface area contributed by atoms with E-state index in [1.54, 1.807) is 24.3 Å². The van der Waals surface area contributed by atoms with Gasteiger partial charge in [0.1, 0.15) is 0 Å². The van der Waals surface area contributed by atoms with Gasteiger partial charge in [-0.05, 0) is 24.3 Å². The maximum atomic E-state index is 12.6. The van der Waals surface area contributed by atoms with Crippen molar-refractivity contribution in [1.82, 2.24) is 10.2 Å². The first-order chi connectivity index (χ1) is 11.8. The minimum absolute atomic E-state index is 0.200. The fourth-order valence-electron chi connectivity index (χ4n) is 2.22. The van der Waals surface area contributed by atoms with E-state index in [2.05, 4.69) is 14.9 Å². The zero-order valence-electron chi connectivity index (χ0n) is 12.6. The predicted molar refractivity (Wildman–Crippen MR) is 86.3 cm³/mol. The topological polar surface area (TPSA) is 74.8 Å². The molecule has 1 heterocycles. The van der Waals surface area contributed by atoms with Gasteiger partial charge in [-0.1, -0.05) is 30.3 Å².